The summed E-state index contributed by atoms with van der Waals surface area (Å²) < 4.78 is 5.36. The van der Waals surface area contributed by atoms with Crippen molar-refractivity contribution >= 4 is 29.0 Å². The largest absolute Gasteiger partial charge is 0.484 e. The number of rotatable bonds is 7. The Morgan fingerprint density at radius 1 is 1.11 bits per heavy atom. The molecule has 9 nitrogen and oxygen atoms in total. The average molecular weight is 365 g/mol. The van der Waals surface area contributed by atoms with E-state index in [4.69, 9.17) is 10.5 Å². The van der Waals surface area contributed by atoms with E-state index < -0.39 is 0 Å². The lowest BCUT2D eigenvalue weighted by Gasteiger charge is -2.13. The highest BCUT2D eigenvalue weighted by molar-refractivity contribution is 5.81. The van der Waals surface area contributed by atoms with Crippen molar-refractivity contribution in [1.82, 2.24) is 20.4 Å². The maximum absolute atomic E-state index is 11.9. The molecule has 1 amide bonds. The number of pyridine rings is 1. The molecule has 138 valence electrons. The van der Waals surface area contributed by atoms with Gasteiger partial charge < -0.3 is 15.8 Å². The number of aryl methyl sites for hydroxylation is 1. The first-order valence-corrected chi connectivity index (χ1v) is 8.14. The highest BCUT2D eigenvalue weighted by Crippen LogP contribution is 2.24. The summed E-state index contributed by atoms with van der Waals surface area (Å²) in [5.74, 6) is 1.46. The molecule has 3 rings (SSSR count). The number of anilines is 4. The lowest BCUT2D eigenvalue weighted by molar-refractivity contribution is -0.122. The van der Waals surface area contributed by atoms with Crippen molar-refractivity contribution in [2.24, 2.45) is 0 Å². The van der Waals surface area contributed by atoms with Crippen LogP contribution in [0.2, 0.25) is 0 Å². The van der Waals surface area contributed by atoms with Crippen molar-refractivity contribution in [1.29, 1.82) is 0 Å². The molecule has 3 aromatic rings. The van der Waals surface area contributed by atoms with Crippen LogP contribution in [0.25, 0.3) is 0 Å². The van der Waals surface area contributed by atoms with Crippen LogP contribution in [-0.4, -0.2) is 27.5 Å². The van der Waals surface area contributed by atoms with Gasteiger partial charge in [-0.05, 0) is 36.8 Å². The summed E-state index contributed by atoms with van der Waals surface area (Å²) in [4.78, 5) is 24.2. The number of aromatic nitrogens is 3. The van der Waals surface area contributed by atoms with Crippen molar-refractivity contribution in [3.05, 3.63) is 60.6 Å². The fourth-order valence-corrected chi connectivity index (χ4v) is 2.15. The highest BCUT2D eigenvalue weighted by Gasteiger charge is 2.10. The SMILES string of the molecule is Cc1ccnc(Nc2ncnc(NNC(=O)COc3ccccc3)c2N)c1. The zero-order valence-corrected chi connectivity index (χ0v) is 14.6. The Hall–Kier alpha value is -3.88. The van der Waals surface area contributed by atoms with Gasteiger partial charge in [0.1, 0.15) is 23.6 Å². The van der Waals surface area contributed by atoms with E-state index in [9.17, 15) is 4.79 Å². The summed E-state index contributed by atoms with van der Waals surface area (Å²) in [6.07, 6.45) is 3.00. The van der Waals surface area contributed by atoms with Crippen LogP contribution in [0.4, 0.5) is 23.1 Å². The van der Waals surface area contributed by atoms with E-state index in [-0.39, 0.29) is 24.0 Å². The quantitative estimate of drug-likeness (QED) is 0.468. The Bertz CT molecular complexity index is 919. The predicted octanol–water partition coefficient (Wildman–Crippen LogP) is 2.03. The minimum atomic E-state index is -0.383. The second-order valence-corrected chi connectivity index (χ2v) is 5.60. The monoisotopic (exact) mass is 365 g/mol. The first kappa shape index (κ1) is 17.9. The Balaban J connectivity index is 1.58. The number of nitrogens with two attached hydrogens (primary N) is 1. The number of nitrogen functional groups attached to an aromatic ring is 1. The number of carbonyl (C=O) groups excluding carboxylic acids is 1. The molecule has 0 saturated carbocycles. The molecule has 0 aliphatic carbocycles. The molecule has 2 aromatic heterocycles. The number of benzene rings is 1. The molecule has 0 bridgehead atoms. The van der Waals surface area contributed by atoms with E-state index >= 15 is 0 Å². The zero-order chi connectivity index (χ0) is 19.1. The molecular formula is C18H19N7O2. The van der Waals surface area contributed by atoms with E-state index in [1.54, 1.807) is 18.3 Å². The number of ether oxygens (including phenoxy) is 1. The number of carbonyl (C=O) groups is 1. The van der Waals surface area contributed by atoms with Gasteiger partial charge in [-0.15, -0.1) is 0 Å². The van der Waals surface area contributed by atoms with Gasteiger partial charge in [0.25, 0.3) is 5.91 Å². The van der Waals surface area contributed by atoms with Crippen molar-refractivity contribution in [3.63, 3.8) is 0 Å². The van der Waals surface area contributed by atoms with Crippen LogP contribution in [-0.2, 0) is 4.79 Å². The Morgan fingerprint density at radius 3 is 2.67 bits per heavy atom. The van der Waals surface area contributed by atoms with Crippen LogP contribution >= 0.6 is 0 Å². The van der Waals surface area contributed by atoms with Gasteiger partial charge in [0, 0.05) is 6.20 Å². The number of nitrogens with zero attached hydrogens (tertiary/aromatic N) is 3. The first-order valence-electron chi connectivity index (χ1n) is 8.14. The van der Waals surface area contributed by atoms with Crippen molar-refractivity contribution < 1.29 is 9.53 Å². The molecule has 0 aliphatic rings. The van der Waals surface area contributed by atoms with Gasteiger partial charge in [-0.2, -0.15) is 0 Å². The lowest BCUT2D eigenvalue weighted by Crippen LogP contribution is -2.34. The van der Waals surface area contributed by atoms with Crippen LogP contribution in [0.15, 0.2) is 55.0 Å². The second kappa shape index (κ2) is 8.48. The number of hydrogen-bond acceptors (Lipinski definition) is 8. The molecule has 1 aromatic carbocycles. The third-order valence-electron chi connectivity index (χ3n) is 3.48. The van der Waals surface area contributed by atoms with Gasteiger partial charge in [-0.3, -0.25) is 15.6 Å². The summed E-state index contributed by atoms with van der Waals surface area (Å²) in [5.41, 5.74) is 12.5. The Labute approximate surface area is 156 Å². The molecule has 0 unspecified atom stereocenters. The fraction of sp³-hybridized carbons (Fsp3) is 0.111. The van der Waals surface area contributed by atoms with E-state index in [0.717, 1.165) is 5.56 Å². The molecular weight excluding hydrogens is 346 g/mol. The summed E-state index contributed by atoms with van der Waals surface area (Å²) in [7, 11) is 0. The summed E-state index contributed by atoms with van der Waals surface area (Å²) >= 11 is 0. The summed E-state index contributed by atoms with van der Waals surface area (Å²) in [6, 6.07) is 12.8. The summed E-state index contributed by atoms with van der Waals surface area (Å²) in [6.45, 7) is 1.80. The minimum Gasteiger partial charge on any atom is -0.484 e. The van der Waals surface area contributed by atoms with Gasteiger partial charge >= 0.3 is 0 Å². The number of hydrazine groups is 1. The maximum Gasteiger partial charge on any atom is 0.276 e. The molecule has 5 N–H and O–H groups in total. The van der Waals surface area contributed by atoms with Gasteiger partial charge in [0.2, 0.25) is 0 Å². The number of amides is 1. The van der Waals surface area contributed by atoms with Crippen molar-refractivity contribution in [2.75, 3.05) is 23.1 Å². The molecule has 0 saturated heterocycles. The molecule has 0 fully saturated rings. The standard InChI is InChI=1S/C18H19N7O2/c1-12-7-8-20-14(9-12)23-17-16(19)18(22-11-21-17)25-24-15(26)10-27-13-5-3-2-4-6-13/h2-9,11H,10,19H2,1H3,(H,24,26)(H2,20,21,22,23,25). The molecule has 9 heteroatoms. The van der Waals surface area contributed by atoms with Crippen LogP contribution in [0.3, 0.4) is 0 Å². The Morgan fingerprint density at radius 2 is 1.89 bits per heavy atom. The second-order valence-electron chi connectivity index (χ2n) is 5.60. The van der Waals surface area contributed by atoms with Crippen LogP contribution < -0.4 is 26.6 Å². The van der Waals surface area contributed by atoms with Crippen LogP contribution in [0, 0.1) is 6.92 Å². The third kappa shape index (κ3) is 5.05. The molecule has 0 radical (unpaired) electrons. The van der Waals surface area contributed by atoms with Gasteiger partial charge in [-0.25, -0.2) is 15.0 Å². The first-order chi connectivity index (χ1) is 13.1. The average Bonchev–Trinajstić information content (AvgIpc) is 2.68. The fourth-order valence-electron chi connectivity index (χ4n) is 2.15. The number of para-hydroxylation sites is 1. The topological polar surface area (TPSA) is 127 Å². The molecule has 0 atom stereocenters. The van der Waals surface area contributed by atoms with Gasteiger partial charge in [0.05, 0.1) is 0 Å². The molecule has 2 heterocycles. The predicted molar refractivity (Wildman–Crippen MR) is 102 cm³/mol. The highest BCUT2D eigenvalue weighted by atomic mass is 16.5. The van der Waals surface area contributed by atoms with E-state index in [0.29, 0.717) is 17.4 Å². The van der Waals surface area contributed by atoms with Crippen LogP contribution in [0.1, 0.15) is 5.56 Å². The Kier molecular flexibility index (Phi) is 5.63. The third-order valence-corrected chi connectivity index (χ3v) is 3.48. The summed E-state index contributed by atoms with van der Waals surface area (Å²) in [5, 5.41) is 3.02. The number of nitrogens with one attached hydrogen (secondary N) is 3. The van der Waals surface area contributed by atoms with Gasteiger partial charge in [0.15, 0.2) is 18.2 Å². The molecule has 0 aliphatic heterocycles. The minimum absolute atomic E-state index is 0.152. The number of hydrogen-bond donors (Lipinski definition) is 4. The lowest BCUT2D eigenvalue weighted by atomic mass is 10.3. The van der Waals surface area contributed by atoms with E-state index in [1.165, 1.54) is 6.33 Å². The zero-order valence-electron chi connectivity index (χ0n) is 14.6. The molecule has 27 heavy (non-hydrogen) atoms. The normalized spacial score (nSPS) is 10.1. The van der Waals surface area contributed by atoms with Gasteiger partial charge in [-0.1, -0.05) is 18.2 Å². The van der Waals surface area contributed by atoms with Crippen molar-refractivity contribution in [3.8, 4) is 5.75 Å². The molecule has 0 spiro atoms. The smallest absolute Gasteiger partial charge is 0.276 e. The maximum atomic E-state index is 11.9. The van der Waals surface area contributed by atoms with E-state index in [2.05, 4.69) is 31.1 Å². The van der Waals surface area contributed by atoms with Crippen LogP contribution in [0.5, 0.6) is 5.75 Å². The van der Waals surface area contributed by atoms with Crippen molar-refractivity contribution in [2.45, 2.75) is 6.92 Å². The van der Waals surface area contributed by atoms with E-state index in [1.807, 2.05) is 37.3 Å².